The molecule has 0 radical (unpaired) electrons. The van der Waals surface area contributed by atoms with Crippen molar-refractivity contribution >= 4 is 17.7 Å². The molecule has 0 aromatic rings. The molecule has 1 aliphatic carbocycles. The Kier molecular flexibility index (Phi) is 4.63. The van der Waals surface area contributed by atoms with Gasteiger partial charge in [-0.3, -0.25) is 4.79 Å². The van der Waals surface area contributed by atoms with Crippen molar-refractivity contribution in [2.75, 3.05) is 12.3 Å². The second-order valence-corrected chi connectivity index (χ2v) is 8.58. The van der Waals surface area contributed by atoms with E-state index in [1.165, 1.54) is 25.7 Å². The normalized spacial score (nSPS) is 25.9. The quantitative estimate of drug-likeness (QED) is 0.778. The van der Waals surface area contributed by atoms with Gasteiger partial charge in [-0.15, -0.1) is 0 Å². The van der Waals surface area contributed by atoms with E-state index in [4.69, 9.17) is 0 Å². The monoisotopic (exact) mass is 269 g/mol. The van der Waals surface area contributed by atoms with Crippen LogP contribution in [-0.4, -0.2) is 33.9 Å². The van der Waals surface area contributed by atoms with Gasteiger partial charge in [-0.25, -0.2) is 0 Å². The molecular weight excluding hydrogens is 242 g/mol. The first-order valence-electron chi connectivity index (χ1n) is 7.42. The Labute approximate surface area is 116 Å². The van der Waals surface area contributed by atoms with Crippen LogP contribution in [0.4, 0.5) is 0 Å². The number of thioether (sulfide) groups is 1. The molecule has 0 N–H and O–H groups in total. The maximum Gasteiger partial charge on any atom is 0.225 e. The Morgan fingerprint density at radius 2 is 1.89 bits per heavy atom. The van der Waals surface area contributed by atoms with E-state index in [0.29, 0.717) is 22.6 Å². The molecule has 1 saturated carbocycles. The number of carbonyl (C=O) groups is 1. The Balaban J connectivity index is 1.90. The van der Waals surface area contributed by atoms with Gasteiger partial charge in [0.05, 0.1) is 0 Å². The number of piperidine rings is 1. The van der Waals surface area contributed by atoms with Crippen LogP contribution in [-0.2, 0) is 4.79 Å². The van der Waals surface area contributed by atoms with Crippen molar-refractivity contribution in [2.45, 2.75) is 70.1 Å². The molecule has 18 heavy (non-hydrogen) atoms. The summed E-state index contributed by atoms with van der Waals surface area (Å²) in [5.74, 6) is 1.94. The van der Waals surface area contributed by atoms with Crippen LogP contribution in [0, 0.1) is 5.92 Å². The summed E-state index contributed by atoms with van der Waals surface area (Å²) in [7, 11) is 0. The third kappa shape index (κ3) is 3.66. The molecule has 0 bridgehead atoms. The van der Waals surface area contributed by atoms with E-state index in [9.17, 15) is 4.79 Å². The second kappa shape index (κ2) is 5.85. The zero-order valence-corrected chi connectivity index (χ0v) is 12.9. The number of hydrogen-bond donors (Lipinski definition) is 0. The van der Waals surface area contributed by atoms with E-state index in [0.717, 1.165) is 25.1 Å². The maximum atomic E-state index is 12.4. The predicted octanol–water partition coefficient (Wildman–Crippen LogP) is 3.70. The lowest BCUT2D eigenvalue weighted by Crippen LogP contribution is -2.49. The van der Waals surface area contributed by atoms with Crippen LogP contribution in [0.2, 0.25) is 0 Å². The second-order valence-electron chi connectivity index (χ2n) is 6.73. The third-order valence-corrected chi connectivity index (χ3v) is 5.49. The zero-order chi connectivity index (χ0) is 13.2. The lowest BCUT2D eigenvalue weighted by atomic mass is 9.83. The summed E-state index contributed by atoms with van der Waals surface area (Å²) in [6, 6.07) is 0.496. The standard InChI is InChI=1S/C15H27NOS/c1-15(2,3)18-11-13-9-4-5-10-16(13)14(17)12-7-6-8-12/h12-13H,4-11H2,1-3H3. The topological polar surface area (TPSA) is 20.3 Å². The highest BCUT2D eigenvalue weighted by atomic mass is 32.2. The minimum atomic E-state index is 0.308. The molecule has 1 aliphatic heterocycles. The van der Waals surface area contributed by atoms with Crippen molar-refractivity contribution in [2.24, 2.45) is 5.92 Å². The molecule has 0 aromatic heterocycles. The van der Waals surface area contributed by atoms with Crippen molar-refractivity contribution in [3.63, 3.8) is 0 Å². The molecule has 2 fully saturated rings. The smallest absolute Gasteiger partial charge is 0.225 e. The number of likely N-dealkylation sites (tertiary alicyclic amines) is 1. The SMILES string of the molecule is CC(C)(C)SCC1CCCCN1C(=O)C1CCC1. The van der Waals surface area contributed by atoms with Gasteiger partial charge in [0.25, 0.3) is 0 Å². The zero-order valence-electron chi connectivity index (χ0n) is 12.1. The molecule has 1 saturated heterocycles. The van der Waals surface area contributed by atoms with Gasteiger partial charge in [0.1, 0.15) is 0 Å². The van der Waals surface area contributed by atoms with Crippen LogP contribution in [0.15, 0.2) is 0 Å². The predicted molar refractivity (Wildman–Crippen MR) is 78.9 cm³/mol. The number of hydrogen-bond acceptors (Lipinski definition) is 2. The van der Waals surface area contributed by atoms with Crippen LogP contribution in [0.1, 0.15) is 59.3 Å². The molecule has 1 atom stereocenters. The Morgan fingerprint density at radius 1 is 1.17 bits per heavy atom. The summed E-state index contributed by atoms with van der Waals surface area (Å²) in [4.78, 5) is 14.6. The van der Waals surface area contributed by atoms with E-state index in [1.807, 2.05) is 11.8 Å². The largest absolute Gasteiger partial charge is 0.339 e. The third-order valence-electron chi connectivity index (χ3n) is 4.07. The first kappa shape index (κ1) is 14.2. The van der Waals surface area contributed by atoms with Crippen molar-refractivity contribution in [3.8, 4) is 0 Å². The Morgan fingerprint density at radius 3 is 2.44 bits per heavy atom. The van der Waals surface area contributed by atoms with E-state index >= 15 is 0 Å². The molecule has 2 aliphatic rings. The average molecular weight is 269 g/mol. The highest BCUT2D eigenvalue weighted by molar-refractivity contribution is 8.00. The molecule has 0 spiro atoms. The average Bonchev–Trinajstić information content (AvgIpc) is 2.23. The van der Waals surface area contributed by atoms with E-state index < -0.39 is 0 Å². The highest BCUT2D eigenvalue weighted by Gasteiger charge is 2.34. The van der Waals surface area contributed by atoms with Crippen molar-refractivity contribution in [1.29, 1.82) is 0 Å². The molecule has 1 amide bonds. The van der Waals surface area contributed by atoms with Crippen LogP contribution in [0.5, 0.6) is 0 Å². The van der Waals surface area contributed by atoms with Gasteiger partial charge in [0.15, 0.2) is 0 Å². The molecule has 2 rings (SSSR count). The van der Waals surface area contributed by atoms with Crippen molar-refractivity contribution in [3.05, 3.63) is 0 Å². The molecular formula is C15H27NOS. The first-order chi connectivity index (χ1) is 8.47. The fourth-order valence-corrected chi connectivity index (χ4v) is 3.74. The fraction of sp³-hybridized carbons (Fsp3) is 0.933. The van der Waals surface area contributed by atoms with E-state index in [-0.39, 0.29) is 0 Å². The van der Waals surface area contributed by atoms with Gasteiger partial charge in [-0.2, -0.15) is 11.8 Å². The van der Waals surface area contributed by atoms with Crippen LogP contribution >= 0.6 is 11.8 Å². The number of carbonyl (C=O) groups excluding carboxylic acids is 1. The summed E-state index contributed by atoms with van der Waals surface area (Å²) in [6.07, 6.45) is 7.23. The van der Waals surface area contributed by atoms with Crippen LogP contribution in [0.3, 0.4) is 0 Å². The number of nitrogens with zero attached hydrogens (tertiary/aromatic N) is 1. The number of amides is 1. The van der Waals surface area contributed by atoms with Gasteiger partial charge in [-0.05, 0) is 32.1 Å². The van der Waals surface area contributed by atoms with Gasteiger partial charge in [0, 0.05) is 29.0 Å². The molecule has 104 valence electrons. The summed E-state index contributed by atoms with van der Waals surface area (Å²) in [6.45, 7) is 7.79. The molecule has 1 unspecified atom stereocenters. The van der Waals surface area contributed by atoms with Crippen LogP contribution in [0.25, 0.3) is 0 Å². The summed E-state index contributed by atoms with van der Waals surface area (Å²) in [5.41, 5.74) is 0. The van der Waals surface area contributed by atoms with Gasteiger partial charge in [-0.1, -0.05) is 27.2 Å². The maximum absolute atomic E-state index is 12.4. The molecule has 2 nitrogen and oxygen atoms in total. The van der Waals surface area contributed by atoms with Crippen molar-refractivity contribution in [1.82, 2.24) is 4.90 Å². The van der Waals surface area contributed by atoms with E-state index in [1.54, 1.807) is 0 Å². The van der Waals surface area contributed by atoms with E-state index in [2.05, 4.69) is 25.7 Å². The number of rotatable bonds is 3. The molecule has 1 heterocycles. The summed E-state index contributed by atoms with van der Waals surface area (Å²) in [5, 5.41) is 0. The molecule has 3 heteroatoms. The van der Waals surface area contributed by atoms with Gasteiger partial charge < -0.3 is 4.90 Å². The Hall–Kier alpha value is -0.180. The molecule has 0 aromatic carbocycles. The summed E-state index contributed by atoms with van der Waals surface area (Å²) < 4.78 is 0.308. The van der Waals surface area contributed by atoms with Gasteiger partial charge in [0.2, 0.25) is 5.91 Å². The first-order valence-corrected chi connectivity index (χ1v) is 8.40. The van der Waals surface area contributed by atoms with Crippen molar-refractivity contribution < 1.29 is 4.79 Å². The minimum Gasteiger partial charge on any atom is -0.339 e. The summed E-state index contributed by atoms with van der Waals surface area (Å²) >= 11 is 2.00. The van der Waals surface area contributed by atoms with Gasteiger partial charge >= 0.3 is 0 Å². The minimum absolute atomic E-state index is 0.308. The lowest BCUT2D eigenvalue weighted by Gasteiger charge is -2.40. The fourth-order valence-electron chi connectivity index (χ4n) is 2.70. The Bertz CT molecular complexity index is 293. The lowest BCUT2D eigenvalue weighted by molar-refractivity contribution is -0.141. The highest BCUT2D eigenvalue weighted by Crippen LogP contribution is 2.33. The van der Waals surface area contributed by atoms with Crippen LogP contribution < -0.4 is 0 Å².